The van der Waals surface area contributed by atoms with Gasteiger partial charge < -0.3 is 14.6 Å². The number of carbonyl (C=O) groups excluding carboxylic acids is 2. The van der Waals surface area contributed by atoms with Crippen molar-refractivity contribution in [2.45, 2.75) is 193 Å². The van der Waals surface area contributed by atoms with Gasteiger partial charge in [-0.3, -0.25) is 9.59 Å². The Morgan fingerprint density at radius 3 is 1.40 bits per heavy atom. The standard InChI is InChI=1S/C40H72O5/c1-3-5-7-9-11-13-15-17-19-20-21-23-24-26-28-30-32-34-39(42)44-37-38(36-41)45-40(43)35-33-31-29-27-25-22-18-16-14-12-10-8-6-4-2/h10,12,16-19,38,41H,3-9,11,13-15,20-37H2,1-2H3/b12-10+,18-16+,19-17+/t38-/m0/s1. The molecule has 0 aliphatic rings. The van der Waals surface area contributed by atoms with Crippen LogP contribution in [0.4, 0.5) is 0 Å². The molecule has 0 amide bonds. The zero-order valence-electron chi connectivity index (χ0n) is 29.6. The van der Waals surface area contributed by atoms with Crippen LogP contribution in [-0.2, 0) is 19.1 Å². The molecule has 0 saturated carbocycles. The van der Waals surface area contributed by atoms with Gasteiger partial charge in [-0.15, -0.1) is 0 Å². The highest BCUT2D eigenvalue weighted by atomic mass is 16.6. The maximum Gasteiger partial charge on any atom is 0.306 e. The molecule has 1 N–H and O–H groups in total. The number of aliphatic hydroxyl groups excluding tert-OH is 1. The summed E-state index contributed by atoms with van der Waals surface area (Å²) in [6, 6.07) is 0. The van der Waals surface area contributed by atoms with Gasteiger partial charge in [0.25, 0.3) is 0 Å². The van der Waals surface area contributed by atoms with Gasteiger partial charge in [0.1, 0.15) is 6.61 Å². The summed E-state index contributed by atoms with van der Waals surface area (Å²) in [4.78, 5) is 24.2. The molecule has 0 fully saturated rings. The SMILES string of the molecule is CCCC/C=C/C/C=C/CCCCCCCC(=O)O[C@@H](CO)COC(=O)CCCCCCCCC/C=C/CCCCCCCC. The number of aliphatic hydroxyl groups is 1. The maximum atomic E-state index is 12.1. The van der Waals surface area contributed by atoms with E-state index >= 15 is 0 Å². The molecule has 0 bridgehead atoms. The van der Waals surface area contributed by atoms with Gasteiger partial charge in [-0.2, -0.15) is 0 Å². The lowest BCUT2D eigenvalue weighted by molar-refractivity contribution is -0.161. The Morgan fingerprint density at radius 1 is 0.511 bits per heavy atom. The van der Waals surface area contributed by atoms with E-state index in [4.69, 9.17) is 9.47 Å². The number of carbonyl (C=O) groups is 2. The number of esters is 2. The molecule has 0 aromatic heterocycles. The smallest absolute Gasteiger partial charge is 0.306 e. The third kappa shape index (κ3) is 34.8. The molecule has 0 aromatic rings. The van der Waals surface area contributed by atoms with Crippen molar-refractivity contribution < 1.29 is 24.2 Å². The number of hydrogen-bond acceptors (Lipinski definition) is 5. The number of ether oxygens (including phenoxy) is 2. The fourth-order valence-electron chi connectivity index (χ4n) is 5.21. The van der Waals surface area contributed by atoms with Crippen molar-refractivity contribution in [2.75, 3.05) is 13.2 Å². The zero-order valence-corrected chi connectivity index (χ0v) is 29.6. The van der Waals surface area contributed by atoms with E-state index < -0.39 is 6.10 Å². The van der Waals surface area contributed by atoms with Crippen LogP contribution in [0, 0.1) is 0 Å². The summed E-state index contributed by atoms with van der Waals surface area (Å²) < 4.78 is 10.6. The van der Waals surface area contributed by atoms with E-state index in [1.54, 1.807) is 0 Å². The van der Waals surface area contributed by atoms with Gasteiger partial charge in [-0.25, -0.2) is 0 Å². The topological polar surface area (TPSA) is 72.8 Å². The van der Waals surface area contributed by atoms with Crippen molar-refractivity contribution in [2.24, 2.45) is 0 Å². The summed E-state index contributed by atoms with van der Waals surface area (Å²) in [5.41, 5.74) is 0. The predicted octanol–water partition coefficient (Wildman–Crippen LogP) is 11.7. The van der Waals surface area contributed by atoms with E-state index in [-0.39, 0.29) is 25.2 Å². The fourth-order valence-corrected chi connectivity index (χ4v) is 5.21. The number of rotatable bonds is 34. The van der Waals surface area contributed by atoms with Crippen LogP contribution in [0.5, 0.6) is 0 Å². The minimum atomic E-state index is -0.778. The Bertz CT molecular complexity index is 726. The van der Waals surface area contributed by atoms with Crippen molar-refractivity contribution in [1.82, 2.24) is 0 Å². The van der Waals surface area contributed by atoms with Crippen LogP contribution in [0.2, 0.25) is 0 Å². The minimum absolute atomic E-state index is 0.0729. The molecule has 5 nitrogen and oxygen atoms in total. The van der Waals surface area contributed by atoms with Crippen LogP contribution < -0.4 is 0 Å². The molecule has 0 saturated heterocycles. The average Bonchev–Trinajstić information content (AvgIpc) is 3.04. The minimum Gasteiger partial charge on any atom is -0.462 e. The monoisotopic (exact) mass is 633 g/mol. The molecule has 5 heteroatoms. The van der Waals surface area contributed by atoms with Gasteiger partial charge in [-0.05, 0) is 64.2 Å². The summed E-state index contributed by atoms with van der Waals surface area (Å²) in [7, 11) is 0. The molecule has 1 atom stereocenters. The van der Waals surface area contributed by atoms with E-state index in [1.807, 2.05) is 0 Å². The van der Waals surface area contributed by atoms with E-state index in [0.29, 0.717) is 12.8 Å². The predicted molar refractivity (Wildman–Crippen MR) is 191 cm³/mol. The van der Waals surface area contributed by atoms with Crippen molar-refractivity contribution in [3.8, 4) is 0 Å². The highest BCUT2D eigenvalue weighted by molar-refractivity contribution is 5.70. The average molecular weight is 633 g/mol. The Morgan fingerprint density at radius 2 is 0.911 bits per heavy atom. The molecule has 0 spiro atoms. The molecule has 0 unspecified atom stereocenters. The summed E-state index contributed by atoms with van der Waals surface area (Å²) in [5, 5.41) is 9.53. The Hall–Kier alpha value is -1.88. The molecule has 262 valence electrons. The van der Waals surface area contributed by atoms with Gasteiger partial charge in [0.2, 0.25) is 0 Å². The largest absolute Gasteiger partial charge is 0.462 e. The van der Waals surface area contributed by atoms with Crippen LogP contribution in [0.1, 0.15) is 187 Å². The molecule has 0 heterocycles. The Balaban J connectivity index is 3.58. The van der Waals surface area contributed by atoms with Crippen LogP contribution in [0.25, 0.3) is 0 Å². The second-order valence-electron chi connectivity index (χ2n) is 12.6. The van der Waals surface area contributed by atoms with E-state index in [1.165, 1.54) is 103 Å². The third-order valence-corrected chi connectivity index (χ3v) is 8.16. The summed E-state index contributed by atoms with van der Waals surface area (Å²) in [6.45, 7) is 4.07. The van der Waals surface area contributed by atoms with Crippen LogP contribution in [-0.4, -0.2) is 36.4 Å². The van der Waals surface area contributed by atoms with Crippen LogP contribution in [0.15, 0.2) is 36.5 Å². The normalized spacial score (nSPS) is 12.5. The first-order valence-corrected chi connectivity index (χ1v) is 19.0. The highest BCUT2D eigenvalue weighted by Gasteiger charge is 2.16. The lowest BCUT2D eigenvalue weighted by Crippen LogP contribution is -2.28. The second-order valence-corrected chi connectivity index (χ2v) is 12.6. The van der Waals surface area contributed by atoms with Gasteiger partial charge in [0.05, 0.1) is 6.61 Å². The number of hydrogen-bond donors (Lipinski definition) is 1. The molecule has 0 aromatic carbocycles. The molecule has 0 radical (unpaired) electrons. The molecular formula is C40H72O5. The maximum absolute atomic E-state index is 12.1. The lowest BCUT2D eigenvalue weighted by Gasteiger charge is -2.15. The molecule has 45 heavy (non-hydrogen) atoms. The number of unbranched alkanes of at least 4 members (excludes halogenated alkanes) is 20. The van der Waals surface area contributed by atoms with E-state index in [0.717, 1.165) is 57.8 Å². The van der Waals surface area contributed by atoms with Gasteiger partial charge in [-0.1, -0.05) is 147 Å². The Labute approximate surface area is 278 Å². The second kappa shape index (κ2) is 36.6. The quantitative estimate of drug-likeness (QED) is 0.0434. The first kappa shape index (κ1) is 43.1. The first-order chi connectivity index (χ1) is 22.1. The van der Waals surface area contributed by atoms with Gasteiger partial charge in [0.15, 0.2) is 6.10 Å². The van der Waals surface area contributed by atoms with E-state index in [2.05, 4.69) is 50.3 Å². The first-order valence-electron chi connectivity index (χ1n) is 19.0. The van der Waals surface area contributed by atoms with Gasteiger partial charge in [0, 0.05) is 12.8 Å². The van der Waals surface area contributed by atoms with E-state index in [9.17, 15) is 14.7 Å². The molecule has 0 aliphatic heterocycles. The van der Waals surface area contributed by atoms with Crippen LogP contribution in [0.3, 0.4) is 0 Å². The van der Waals surface area contributed by atoms with Crippen molar-refractivity contribution in [3.63, 3.8) is 0 Å². The van der Waals surface area contributed by atoms with Crippen molar-refractivity contribution in [3.05, 3.63) is 36.5 Å². The van der Waals surface area contributed by atoms with Crippen LogP contribution >= 0.6 is 0 Å². The van der Waals surface area contributed by atoms with Crippen molar-refractivity contribution >= 4 is 11.9 Å². The lowest BCUT2D eigenvalue weighted by atomic mass is 10.1. The third-order valence-electron chi connectivity index (χ3n) is 8.16. The summed E-state index contributed by atoms with van der Waals surface area (Å²) in [6.07, 6.45) is 43.4. The van der Waals surface area contributed by atoms with Gasteiger partial charge >= 0.3 is 11.9 Å². The summed E-state index contributed by atoms with van der Waals surface area (Å²) in [5.74, 6) is -0.611. The molecule has 0 aliphatic carbocycles. The summed E-state index contributed by atoms with van der Waals surface area (Å²) >= 11 is 0. The van der Waals surface area contributed by atoms with Crippen molar-refractivity contribution in [1.29, 1.82) is 0 Å². The highest BCUT2D eigenvalue weighted by Crippen LogP contribution is 2.13. The zero-order chi connectivity index (χ0) is 32.9. The Kier molecular flexibility index (Phi) is 35.1. The molecule has 0 rings (SSSR count). The number of allylic oxidation sites excluding steroid dienone is 6. The fraction of sp³-hybridized carbons (Fsp3) is 0.800. The molecular weight excluding hydrogens is 560 g/mol.